The summed E-state index contributed by atoms with van der Waals surface area (Å²) in [5, 5.41) is 20.1. The van der Waals surface area contributed by atoms with Gasteiger partial charge < -0.3 is 24.3 Å². The highest BCUT2D eigenvalue weighted by molar-refractivity contribution is 6.30. The van der Waals surface area contributed by atoms with Crippen molar-refractivity contribution in [3.8, 4) is 22.9 Å². The van der Waals surface area contributed by atoms with E-state index in [1.165, 1.54) is 6.07 Å². The first-order valence-electron chi connectivity index (χ1n) is 14.3. The Morgan fingerprint density at radius 3 is 2.58 bits per heavy atom. The number of nitrogens with zero attached hydrogens (tertiary/aromatic N) is 3. The van der Waals surface area contributed by atoms with Gasteiger partial charge in [-0.05, 0) is 72.7 Å². The number of halogens is 2. The lowest BCUT2D eigenvalue weighted by Crippen LogP contribution is -2.14. The minimum Gasteiger partial charge on any atom is -0.496 e. The summed E-state index contributed by atoms with van der Waals surface area (Å²) in [6, 6.07) is 21.0. The maximum atomic E-state index is 15.5. The highest BCUT2D eigenvalue weighted by Crippen LogP contribution is 2.50. The zero-order valence-electron chi connectivity index (χ0n) is 24.1. The Hall–Kier alpha value is -3.98. The highest BCUT2D eigenvalue weighted by Gasteiger charge is 2.41. The second-order valence-corrected chi connectivity index (χ2v) is 11.6. The molecule has 0 atom stereocenters. The summed E-state index contributed by atoms with van der Waals surface area (Å²) in [5.74, 6) is 1.41. The fourth-order valence-corrected chi connectivity index (χ4v) is 5.65. The normalized spacial score (nSPS) is 13.9. The molecule has 1 saturated carbocycles. The molecule has 43 heavy (non-hydrogen) atoms. The molecule has 1 fully saturated rings. The summed E-state index contributed by atoms with van der Waals surface area (Å²) in [6.07, 6.45) is 2.23. The summed E-state index contributed by atoms with van der Waals surface area (Å²) in [4.78, 5) is 9.41. The molecule has 222 valence electrons. The highest BCUT2D eigenvalue weighted by atomic mass is 35.5. The molecule has 2 aromatic heterocycles. The summed E-state index contributed by atoms with van der Waals surface area (Å²) in [7, 11) is 1.57. The van der Waals surface area contributed by atoms with Crippen LogP contribution in [0.1, 0.15) is 55.0 Å². The van der Waals surface area contributed by atoms with Gasteiger partial charge in [0.15, 0.2) is 6.29 Å². The van der Waals surface area contributed by atoms with Gasteiger partial charge in [0.2, 0.25) is 5.88 Å². The summed E-state index contributed by atoms with van der Waals surface area (Å²) in [6.45, 7) is 3.21. The van der Waals surface area contributed by atoms with Gasteiger partial charge in [-0.2, -0.15) is 0 Å². The quantitative estimate of drug-likeness (QED) is 0.155. The zero-order valence-corrected chi connectivity index (χ0v) is 24.8. The lowest BCUT2D eigenvalue weighted by molar-refractivity contribution is -0.0424. The monoisotopic (exact) mass is 601 g/mol. The Labute approximate surface area is 254 Å². The topological polar surface area (TPSA) is 89.6 Å². The molecule has 9 heteroatoms. The Morgan fingerprint density at radius 2 is 1.86 bits per heavy atom. The van der Waals surface area contributed by atoms with Crippen LogP contribution in [0.4, 0.5) is 4.39 Å². The average molecular weight is 602 g/mol. The number of aliphatic hydroxyl groups is 2. The number of ether oxygens (including phenoxy) is 2. The van der Waals surface area contributed by atoms with Crippen LogP contribution >= 0.6 is 11.6 Å². The van der Waals surface area contributed by atoms with E-state index in [1.807, 2.05) is 18.2 Å². The number of benzene rings is 3. The third kappa shape index (κ3) is 6.22. The van der Waals surface area contributed by atoms with Gasteiger partial charge in [-0.15, -0.1) is 0 Å². The Bertz CT molecular complexity index is 1780. The van der Waals surface area contributed by atoms with Crippen LogP contribution in [0.3, 0.4) is 0 Å². The van der Waals surface area contributed by atoms with Crippen LogP contribution in [0.5, 0.6) is 11.6 Å². The van der Waals surface area contributed by atoms with E-state index in [9.17, 15) is 10.2 Å². The third-order valence-corrected chi connectivity index (χ3v) is 8.61. The number of fused-ring (bicyclic) bond motifs is 1. The van der Waals surface area contributed by atoms with Crippen LogP contribution in [0.2, 0.25) is 5.02 Å². The van der Waals surface area contributed by atoms with E-state index in [0.717, 1.165) is 53.8 Å². The second-order valence-electron chi connectivity index (χ2n) is 11.2. The van der Waals surface area contributed by atoms with Crippen LogP contribution in [0, 0.1) is 11.2 Å². The fourth-order valence-electron chi connectivity index (χ4n) is 5.49. The molecule has 1 aliphatic carbocycles. The van der Waals surface area contributed by atoms with Gasteiger partial charge in [0.25, 0.3) is 0 Å². The van der Waals surface area contributed by atoms with Gasteiger partial charge in [0.05, 0.1) is 23.8 Å². The largest absolute Gasteiger partial charge is 0.496 e. The predicted octanol–water partition coefficient (Wildman–Crippen LogP) is 7.24. The van der Waals surface area contributed by atoms with Gasteiger partial charge >= 0.3 is 0 Å². The van der Waals surface area contributed by atoms with E-state index in [-0.39, 0.29) is 17.8 Å². The SMILES string of the molecule is CCC1(Cn2c(Cc3ccc(-c4cccc(OCc5ccc(Cl)cc5OC)n4)c(F)c3)nc3ccc(C(O)O)cc32)CC1. The first kappa shape index (κ1) is 29.1. The molecule has 3 aromatic carbocycles. The second kappa shape index (κ2) is 12.0. The van der Waals surface area contributed by atoms with E-state index in [2.05, 4.69) is 16.5 Å². The molecule has 5 aromatic rings. The Kier molecular flexibility index (Phi) is 8.09. The van der Waals surface area contributed by atoms with Gasteiger partial charge in [-0.1, -0.05) is 42.8 Å². The van der Waals surface area contributed by atoms with Crippen LogP contribution in [0.25, 0.3) is 22.3 Å². The van der Waals surface area contributed by atoms with Crippen molar-refractivity contribution >= 4 is 22.6 Å². The minimum absolute atomic E-state index is 0.220. The molecular formula is C34H33ClFN3O4. The summed E-state index contributed by atoms with van der Waals surface area (Å²) in [5.41, 5.74) is 4.71. The Morgan fingerprint density at radius 1 is 1.02 bits per heavy atom. The molecule has 0 radical (unpaired) electrons. The number of rotatable bonds is 11. The Balaban J connectivity index is 1.24. The molecule has 0 amide bonds. The third-order valence-electron chi connectivity index (χ3n) is 8.37. The van der Waals surface area contributed by atoms with E-state index < -0.39 is 6.29 Å². The van der Waals surface area contributed by atoms with E-state index in [1.54, 1.807) is 55.6 Å². The smallest absolute Gasteiger partial charge is 0.214 e. The van der Waals surface area contributed by atoms with Crippen molar-refractivity contribution < 1.29 is 24.1 Å². The number of methoxy groups -OCH3 is 1. The van der Waals surface area contributed by atoms with Crippen molar-refractivity contribution in [2.24, 2.45) is 5.41 Å². The number of hydrogen-bond acceptors (Lipinski definition) is 6. The van der Waals surface area contributed by atoms with Crippen LogP contribution in [-0.4, -0.2) is 31.9 Å². The minimum atomic E-state index is -1.56. The van der Waals surface area contributed by atoms with Crippen molar-refractivity contribution in [1.82, 2.24) is 14.5 Å². The lowest BCUT2D eigenvalue weighted by Gasteiger charge is -2.17. The molecular weight excluding hydrogens is 569 g/mol. The fraction of sp³-hybridized carbons (Fsp3) is 0.294. The van der Waals surface area contributed by atoms with E-state index in [0.29, 0.717) is 39.9 Å². The first-order valence-corrected chi connectivity index (χ1v) is 14.7. The van der Waals surface area contributed by atoms with E-state index in [4.69, 9.17) is 26.1 Å². The number of pyridine rings is 1. The standard InChI is InChI=1S/C34H33ClFN3O4/c1-3-34(13-14-34)20-39-29-17-22(33(40)41)9-12-28(29)37-31(39)16-21-7-11-25(26(36)15-21)27-5-4-6-32(38-27)43-19-23-8-10-24(35)18-30(23)42-2/h4-12,15,17-18,33,40-41H,3,13-14,16,19-20H2,1-2H3. The van der Waals surface area contributed by atoms with Crippen LogP contribution in [0.15, 0.2) is 72.8 Å². The van der Waals surface area contributed by atoms with Gasteiger partial charge in [-0.25, -0.2) is 14.4 Å². The molecule has 0 unspecified atom stereocenters. The number of hydrogen-bond donors (Lipinski definition) is 2. The number of aliphatic hydroxyl groups excluding tert-OH is 1. The molecule has 6 rings (SSSR count). The van der Waals surface area contributed by atoms with Gasteiger partial charge in [-0.3, -0.25) is 0 Å². The van der Waals surface area contributed by atoms with Crippen molar-refractivity contribution in [2.75, 3.05) is 7.11 Å². The van der Waals surface area contributed by atoms with Crippen LogP contribution < -0.4 is 9.47 Å². The van der Waals surface area contributed by atoms with Crippen molar-refractivity contribution in [3.05, 3.63) is 106 Å². The molecule has 0 spiro atoms. The molecule has 0 saturated heterocycles. The van der Waals surface area contributed by atoms with Crippen molar-refractivity contribution in [1.29, 1.82) is 0 Å². The molecule has 2 N–H and O–H groups in total. The van der Waals surface area contributed by atoms with Crippen molar-refractivity contribution in [3.63, 3.8) is 0 Å². The van der Waals surface area contributed by atoms with Crippen LogP contribution in [-0.2, 0) is 19.6 Å². The molecule has 0 bridgehead atoms. The maximum absolute atomic E-state index is 15.5. The molecule has 1 aliphatic rings. The van der Waals surface area contributed by atoms with Gasteiger partial charge in [0, 0.05) is 40.7 Å². The average Bonchev–Trinajstić information content (AvgIpc) is 3.71. The molecule has 2 heterocycles. The number of aromatic nitrogens is 3. The van der Waals surface area contributed by atoms with E-state index >= 15 is 4.39 Å². The van der Waals surface area contributed by atoms with Crippen molar-refractivity contribution in [2.45, 2.75) is 52.0 Å². The van der Waals surface area contributed by atoms with Gasteiger partial charge in [0.1, 0.15) is 24.0 Å². The summed E-state index contributed by atoms with van der Waals surface area (Å²) < 4.78 is 29.0. The summed E-state index contributed by atoms with van der Waals surface area (Å²) >= 11 is 6.06. The lowest BCUT2D eigenvalue weighted by atomic mass is 10.0. The zero-order chi connectivity index (χ0) is 30.1. The number of imidazole rings is 1. The maximum Gasteiger partial charge on any atom is 0.214 e. The molecule has 0 aliphatic heterocycles. The predicted molar refractivity (Wildman–Crippen MR) is 164 cm³/mol. The molecule has 7 nitrogen and oxygen atoms in total. The first-order chi connectivity index (χ1) is 20.8.